The first kappa shape index (κ1) is 13.2. The highest BCUT2D eigenvalue weighted by atomic mass is 16.4. The summed E-state index contributed by atoms with van der Waals surface area (Å²) in [5.74, 6) is 0.776. The highest BCUT2D eigenvalue weighted by Gasteiger charge is 2.05. The van der Waals surface area contributed by atoms with Gasteiger partial charge in [-0.1, -0.05) is 23.8 Å². The number of phenols is 1. The molecule has 0 aliphatic carbocycles. The highest BCUT2D eigenvalue weighted by molar-refractivity contribution is 5.61. The van der Waals surface area contributed by atoms with E-state index in [1.54, 1.807) is 6.07 Å². The Labute approximate surface area is 122 Å². The van der Waals surface area contributed by atoms with Gasteiger partial charge in [-0.15, -0.1) is 10.2 Å². The third kappa shape index (κ3) is 3.02. The van der Waals surface area contributed by atoms with Crippen molar-refractivity contribution in [1.29, 1.82) is 0 Å². The zero-order valence-electron chi connectivity index (χ0n) is 11.6. The van der Waals surface area contributed by atoms with Crippen LogP contribution in [0.1, 0.15) is 11.1 Å². The van der Waals surface area contributed by atoms with E-state index in [0.717, 1.165) is 22.4 Å². The monoisotopic (exact) mass is 281 g/mol. The van der Waals surface area contributed by atoms with E-state index in [0.29, 0.717) is 18.2 Å². The predicted molar refractivity (Wildman–Crippen MR) is 79.9 cm³/mol. The largest absolute Gasteiger partial charge is 0.508 e. The minimum Gasteiger partial charge on any atom is -0.508 e. The number of nitrogens with zero attached hydrogens (tertiary/aromatic N) is 2. The van der Waals surface area contributed by atoms with Gasteiger partial charge in [-0.2, -0.15) is 0 Å². The summed E-state index contributed by atoms with van der Waals surface area (Å²) in [5.41, 5.74) is 3.75. The van der Waals surface area contributed by atoms with E-state index in [2.05, 4.69) is 15.5 Å². The molecule has 0 atom stereocenters. The Morgan fingerprint density at radius 2 is 2.10 bits per heavy atom. The molecule has 2 N–H and O–H groups in total. The van der Waals surface area contributed by atoms with Gasteiger partial charge in [-0.25, -0.2) is 0 Å². The Bertz CT molecular complexity index is 739. The lowest BCUT2D eigenvalue weighted by atomic mass is 10.1. The second kappa shape index (κ2) is 5.66. The number of aromatic hydroxyl groups is 1. The van der Waals surface area contributed by atoms with Crippen molar-refractivity contribution < 1.29 is 9.52 Å². The van der Waals surface area contributed by atoms with Gasteiger partial charge in [0.1, 0.15) is 5.75 Å². The Balaban J connectivity index is 1.76. The van der Waals surface area contributed by atoms with Crippen LogP contribution in [0.15, 0.2) is 53.3 Å². The van der Waals surface area contributed by atoms with Crippen LogP contribution in [-0.2, 0) is 6.54 Å². The summed E-state index contributed by atoms with van der Waals surface area (Å²) in [4.78, 5) is 0. The second-order valence-electron chi connectivity index (χ2n) is 4.81. The number of rotatable bonds is 4. The zero-order valence-corrected chi connectivity index (χ0v) is 11.6. The molecule has 0 bridgehead atoms. The van der Waals surface area contributed by atoms with E-state index >= 15 is 0 Å². The van der Waals surface area contributed by atoms with Crippen LogP contribution in [0.2, 0.25) is 0 Å². The molecule has 0 saturated heterocycles. The molecule has 3 rings (SSSR count). The van der Waals surface area contributed by atoms with Crippen molar-refractivity contribution in [3.05, 3.63) is 60.0 Å². The lowest BCUT2D eigenvalue weighted by molar-refractivity contribution is 0.469. The van der Waals surface area contributed by atoms with Gasteiger partial charge in [0.15, 0.2) is 0 Å². The molecule has 0 fully saturated rings. The molecule has 5 heteroatoms. The number of anilines is 1. The van der Waals surface area contributed by atoms with E-state index < -0.39 is 0 Å². The number of aromatic nitrogens is 2. The number of hydrogen-bond acceptors (Lipinski definition) is 5. The Morgan fingerprint density at radius 1 is 1.19 bits per heavy atom. The van der Waals surface area contributed by atoms with Crippen molar-refractivity contribution in [2.24, 2.45) is 0 Å². The van der Waals surface area contributed by atoms with Gasteiger partial charge in [0.25, 0.3) is 0 Å². The Hall–Kier alpha value is -2.82. The summed E-state index contributed by atoms with van der Waals surface area (Å²) in [6, 6.07) is 13.3. The van der Waals surface area contributed by atoms with Crippen LogP contribution in [-0.4, -0.2) is 15.3 Å². The van der Waals surface area contributed by atoms with Crippen molar-refractivity contribution >= 4 is 5.69 Å². The van der Waals surface area contributed by atoms with Crippen molar-refractivity contribution in [3.63, 3.8) is 0 Å². The molecular weight excluding hydrogens is 266 g/mol. The van der Waals surface area contributed by atoms with E-state index in [1.165, 1.54) is 6.39 Å². The Morgan fingerprint density at radius 3 is 2.90 bits per heavy atom. The maximum absolute atomic E-state index is 9.84. The van der Waals surface area contributed by atoms with Crippen molar-refractivity contribution in [1.82, 2.24) is 10.2 Å². The first-order valence-corrected chi connectivity index (χ1v) is 6.61. The number of hydrogen-bond donors (Lipinski definition) is 2. The molecule has 106 valence electrons. The standard InChI is InChI=1S/C16H15N3O2/c1-11-5-6-15(20)13(7-11)9-17-14-4-2-3-12(8-14)16-19-18-10-21-16/h2-8,10,17,20H,9H2,1H3. The molecule has 5 nitrogen and oxygen atoms in total. The average Bonchev–Trinajstić information content (AvgIpc) is 3.03. The number of phenolic OH excluding ortho intramolecular Hbond substituents is 1. The maximum Gasteiger partial charge on any atom is 0.247 e. The van der Waals surface area contributed by atoms with Gasteiger partial charge >= 0.3 is 0 Å². The lowest BCUT2D eigenvalue weighted by Crippen LogP contribution is -2.00. The minimum atomic E-state index is 0.293. The highest BCUT2D eigenvalue weighted by Crippen LogP contribution is 2.23. The molecule has 0 saturated carbocycles. The molecule has 0 spiro atoms. The van der Waals surface area contributed by atoms with Gasteiger partial charge < -0.3 is 14.8 Å². The van der Waals surface area contributed by atoms with Crippen molar-refractivity contribution in [2.45, 2.75) is 13.5 Å². The fourth-order valence-corrected chi connectivity index (χ4v) is 2.11. The summed E-state index contributed by atoms with van der Waals surface area (Å²) in [6.45, 7) is 2.54. The van der Waals surface area contributed by atoms with E-state index in [4.69, 9.17) is 4.42 Å². The molecule has 0 unspecified atom stereocenters. The third-order valence-corrected chi connectivity index (χ3v) is 3.19. The van der Waals surface area contributed by atoms with Crippen LogP contribution in [0.4, 0.5) is 5.69 Å². The molecule has 0 aliphatic heterocycles. The number of nitrogens with one attached hydrogen (secondary N) is 1. The summed E-state index contributed by atoms with van der Waals surface area (Å²) in [6.07, 6.45) is 1.31. The van der Waals surface area contributed by atoms with Crippen LogP contribution in [0.3, 0.4) is 0 Å². The van der Waals surface area contributed by atoms with Crippen LogP contribution in [0.5, 0.6) is 5.75 Å². The first-order chi connectivity index (χ1) is 10.2. The van der Waals surface area contributed by atoms with E-state index in [1.807, 2.05) is 43.3 Å². The molecule has 3 aromatic rings. The quantitative estimate of drug-likeness (QED) is 0.767. The summed E-state index contributed by atoms with van der Waals surface area (Å²) in [7, 11) is 0. The second-order valence-corrected chi connectivity index (χ2v) is 4.81. The molecule has 1 heterocycles. The van der Waals surface area contributed by atoms with E-state index in [9.17, 15) is 5.11 Å². The van der Waals surface area contributed by atoms with Crippen LogP contribution in [0.25, 0.3) is 11.5 Å². The average molecular weight is 281 g/mol. The number of aryl methyl sites for hydroxylation is 1. The molecule has 21 heavy (non-hydrogen) atoms. The van der Waals surface area contributed by atoms with Crippen molar-refractivity contribution in [2.75, 3.05) is 5.32 Å². The third-order valence-electron chi connectivity index (χ3n) is 3.19. The lowest BCUT2D eigenvalue weighted by Gasteiger charge is -2.09. The zero-order chi connectivity index (χ0) is 14.7. The molecule has 2 aromatic carbocycles. The topological polar surface area (TPSA) is 71.2 Å². The van der Waals surface area contributed by atoms with Crippen LogP contribution >= 0.6 is 0 Å². The predicted octanol–water partition coefficient (Wildman–Crippen LogP) is 3.36. The smallest absolute Gasteiger partial charge is 0.247 e. The SMILES string of the molecule is Cc1ccc(O)c(CNc2cccc(-c3nnco3)c2)c1. The van der Waals surface area contributed by atoms with Crippen LogP contribution in [0, 0.1) is 6.92 Å². The summed E-state index contributed by atoms with van der Waals surface area (Å²) < 4.78 is 5.18. The summed E-state index contributed by atoms with van der Waals surface area (Å²) >= 11 is 0. The minimum absolute atomic E-state index is 0.293. The number of benzene rings is 2. The first-order valence-electron chi connectivity index (χ1n) is 6.61. The van der Waals surface area contributed by atoms with Crippen LogP contribution < -0.4 is 5.32 Å². The fraction of sp³-hybridized carbons (Fsp3) is 0.125. The van der Waals surface area contributed by atoms with Gasteiger partial charge in [-0.3, -0.25) is 0 Å². The van der Waals surface area contributed by atoms with Crippen molar-refractivity contribution in [3.8, 4) is 17.2 Å². The van der Waals surface area contributed by atoms with Gasteiger partial charge in [0.05, 0.1) is 0 Å². The molecule has 0 aliphatic rings. The molecular formula is C16H15N3O2. The normalized spacial score (nSPS) is 10.5. The fourth-order valence-electron chi connectivity index (χ4n) is 2.11. The Kier molecular flexibility index (Phi) is 3.55. The molecule has 1 aromatic heterocycles. The summed E-state index contributed by atoms with van der Waals surface area (Å²) in [5, 5.41) is 20.7. The van der Waals surface area contributed by atoms with Gasteiger partial charge in [0, 0.05) is 23.4 Å². The maximum atomic E-state index is 9.84. The van der Waals surface area contributed by atoms with E-state index in [-0.39, 0.29) is 0 Å². The molecule has 0 radical (unpaired) electrons. The van der Waals surface area contributed by atoms with Gasteiger partial charge in [0.2, 0.25) is 12.3 Å². The molecule has 0 amide bonds. The van der Waals surface area contributed by atoms with Gasteiger partial charge in [-0.05, 0) is 31.2 Å².